The summed E-state index contributed by atoms with van der Waals surface area (Å²) in [5.74, 6) is 0.0748. The molecule has 0 saturated heterocycles. The van der Waals surface area contributed by atoms with Crippen LogP contribution in [0.4, 0.5) is 0 Å². The Bertz CT molecular complexity index is 423. The standard InChI is InChI=1S/C15H21NO/c1-11-6-4-5-7-13(11)14(17)16-12-8-9-15(2,3)10-12/h4-7,12H,8-10H2,1-3H3,(H,16,17). The zero-order valence-corrected chi connectivity index (χ0v) is 10.9. The molecule has 1 saturated carbocycles. The van der Waals surface area contributed by atoms with Crippen molar-refractivity contribution in [3.05, 3.63) is 35.4 Å². The van der Waals surface area contributed by atoms with E-state index >= 15 is 0 Å². The molecule has 0 aliphatic heterocycles. The molecule has 0 bridgehead atoms. The molecule has 0 radical (unpaired) electrons. The first kappa shape index (κ1) is 12.2. The molecule has 1 atom stereocenters. The molecule has 1 aromatic rings. The Morgan fingerprint density at radius 2 is 2.06 bits per heavy atom. The molecule has 1 aliphatic rings. The van der Waals surface area contributed by atoms with Crippen LogP contribution in [0.3, 0.4) is 0 Å². The summed E-state index contributed by atoms with van der Waals surface area (Å²) in [4.78, 5) is 12.1. The lowest BCUT2D eigenvalue weighted by molar-refractivity contribution is 0.0935. The highest BCUT2D eigenvalue weighted by Gasteiger charge is 2.31. The van der Waals surface area contributed by atoms with Crippen LogP contribution in [0.25, 0.3) is 0 Å². The normalized spacial score (nSPS) is 22.4. The third kappa shape index (κ3) is 2.87. The van der Waals surface area contributed by atoms with Gasteiger partial charge in [-0.05, 0) is 43.2 Å². The zero-order chi connectivity index (χ0) is 12.5. The van der Waals surface area contributed by atoms with E-state index in [0.717, 1.165) is 24.0 Å². The summed E-state index contributed by atoms with van der Waals surface area (Å²) in [6.45, 7) is 6.52. The fraction of sp³-hybridized carbons (Fsp3) is 0.533. The van der Waals surface area contributed by atoms with Gasteiger partial charge in [0.25, 0.3) is 5.91 Å². The highest BCUT2D eigenvalue weighted by molar-refractivity contribution is 5.95. The second kappa shape index (κ2) is 4.52. The Morgan fingerprint density at radius 1 is 1.35 bits per heavy atom. The summed E-state index contributed by atoms with van der Waals surface area (Å²) in [6, 6.07) is 8.10. The largest absolute Gasteiger partial charge is 0.349 e. The Morgan fingerprint density at radius 3 is 2.65 bits per heavy atom. The van der Waals surface area contributed by atoms with Gasteiger partial charge in [0.15, 0.2) is 0 Å². The molecule has 1 unspecified atom stereocenters. The van der Waals surface area contributed by atoms with E-state index in [1.807, 2.05) is 31.2 Å². The van der Waals surface area contributed by atoms with Crippen molar-refractivity contribution in [2.24, 2.45) is 5.41 Å². The van der Waals surface area contributed by atoms with Gasteiger partial charge in [-0.25, -0.2) is 0 Å². The van der Waals surface area contributed by atoms with Crippen LogP contribution in [0.1, 0.15) is 49.0 Å². The lowest BCUT2D eigenvalue weighted by Crippen LogP contribution is -2.33. The zero-order valence-electron chi connectivity index (χ0n) is 10.9. The van der Waals surface area contributed by atoms with Gasteiger partial charge in [-0.1, -0.05) is 32.0 Å². The molecule has 1 N–H and O–H groups in total. The van der Waals surface area contributed by atoms with Gasteiger partial charge in [0.05, 0.1) is 0 Å². The summed E-state index contributed by atoms with van der Waals surface area (Å²) in [5, 5.41) is 3.15. The molecular formula is C15H21NO. The molecule has 1 amide bonds. The molecule has 17 heavy (non-hydrogen) atoms. The van der Waals surface area contributed by atoms with Gasteiger partial charge in [-0.2, -0.15) is 0 Å². The number of nitrogens with one attached hydrogen (secondary N) is 1. The number of amides is 1. The van der Waals surface area contributed by atoms with E-state index in [2.05, 4.69) is 19.2 Å². The van der Waals surface area contributed by atoms with E-state index in [9.17, 15) is 4.79 Å². The van der Waals surface area contributed by atoms with Crippen molar-refractivity contribution < 1.29 is 4.79 Å². The Kier molecular flexibility index (Phi) is 3.23. The van der Waals surface area contributed by atoms with E-state index in [-0.39, 0.29) is 5.91 Å². The molecule has 2 heteroatoms. The summed E-state index contributed by atoms with van der Waals surface area (Å²) in [5.41, 5.74) is 2.23. The van der Waals surface area contributed by atoms with E-state index < -0.39 is 0 Å². The average molecular weight is 231 g/mol. The van der Waals surface area contributed by atoms with Crippen molar-refractivity contribution in [2.45, 2.75) is 46.1 Å². The summed E-state index contributed by atoms with van der Waals surface area (Å²) >= 11 is 0. The van der Waals surface area contributed by atoms with Gasteiger partial charge in [-0.15, -0.1) is 0 Å². The quantitative estimate of drug-likeness (QED) is 0.831. The summed E-state index contributed by atoms with van der Waals surface area (Å²) in [7, 11) is 0. The maximum Gasteiger partial charge on any atom is 0.251 e. The van der Waals surface area contributed by atoms with Crippen molar-refractivity contribution in [3.63, 3.8) is 0 Å². The highest BCUT2D eigenvalue weighted by Crippen LogP contribution is 2.36. The SMILES string of the molecule is Cc1ccccc1C(=O)NC1CCC(C)(C)C1. The predicted octanol–water partition coefficient (Wildman–Crippen LogP) is 3.30. The van der Waals surface area contributed by atoms with Gasteiger partial charge >= 0.3 is 0 Å². The Labute approximate surface area is 103 Å². The third-order valence-corrected chi connectivity index (χ3v) is 3.69. The number of benzene rings is 1. The Hall–Kier alpha value is -1.31. The van der Waals surface area contributed by atoms with E-state index in [0.29, 0.717) is 11.5 Å². The van der Waals surface area contributed by atoms with E-state index in [1.165, 1.54) is 6.42 Å². The van der Waals surface area contributed by atoms with E-state index in [4.69, 9.17) is 0 Å². The van der Waals surface area contributed by atoms with Gasteiger partial charge < -0.3 is 5.32 Å². The molecule has 1 aliphatic carbocycles. The molecule has 2 rings (SSSR count). The summed E-state index contributed by atoms with van der Waals surface area (Å²) in [6.07, 6.45) is 3.39. The molecule has 2 nitrogen and oxygen atoms in total. The second-order valence-electron chi connectivity index (χ2n) is 5.89. The predicted molar refractivity (Wildman–Crippen MR) is 70.1 cm³/mol. The average Bonchev–Trinajstić information content (AvgIpc) is 2.58. The first-order valence-corrected chi connectivity index (χ1v) is 6.34. The van der Waals surface area contributed by atoms with Crippen molar-refractivity contribution in [1.29, 1.82) is 0 Å². The van der Waals surface area contributed by atoms with Crippen LogP contribution in [-0.2, 0) is 0 Å². The highest BCUT2D eigenvalue weighted by atomic mass is 16.1. The van der Waals surface area contributed by atoms with Gasteiger partial charge in [0.1, 0.15) is 0 Å². The number of hydrogen-bond donors (Lipinski definition) is 1. The topological polar surface area (TPSA) is 29.1 Å². The van der Waals surface area contributed by atoms with Crippen molar-refractivity contribution in [3.8, 4) is 0 Å². The minimum absolute atomic E-state index is 0.0748. The number of carbonyl (C=O) groups is 1. The fourth-order valence-corrected chi connectivity index (χ4v) is 2.65. The monoisotopic (exact) mass is 231 g/mol. The van der Waals surface area contributed by atoms with Crippen LogP contribution < -0.4 is 5.32 Å². The Balaban J connectivity index is 2.01. The molecule has 1 aromatic carbocycles. The van der Waals surface area contributed by atoms with Crippen LogP contribution in [0.15, 0.2) is 24.3 Å². The number of rotatable bonds is 2. The maximum atomic E-state index is 12.1. The first-order chi connectivity index (χ1) is 7.98. The van der Waals surface area contributed by atoms with Crippen LogP contribution in [0, 0.1) is 12.3 Å². The number of hydrogen-bond acceptors (Lipinski definition) is 1. The molecule has 0 heterocycles. The third-order valence-electron chi connectivity index (χ3n) is 3.69. The molecule has 92 valence electrons. The van der Waals surface area contributed by atoms with E-state index in [1.54, 1.807) is 0 Å². The lowest BCUT2D eigenvalue weighted by atomic mass is 9.92. The van der Waals surface area contributed by atoms with Gasteiger partial charge in [0.2, 0.25) is 0 Å². The minimum atomic E-state index is 0.0748. The lowest BCUT2D eigenvalue weighted by Gasteiger charge is -2.18. The first-order valence-electron chi connectivity index (χ1n) is 6.34. The smallest absolute Gasteiger partial charge is 0.251 e. The molecular weight excluding hydrogens is 210 g/mol. The van der Waals surface area contributed by atoms with Crippen LogP contribution >= 0.6 is 0 Å². The fourth-order valence-electron chi connectivity index (χ4n) is 2.65. The number of aryl methyl sites for hydroxylation is 1. The molecule has 0 aromatic heterocycles. The molecule has 0 spiro atoms. The van der Waals surface area contributed by atoms with Crippen molar-refractivity contribution in [1.82, 2.24) is 5.32 Å². The molecule has 1 fully saturated rings. The van der Waals surface area contributed by atoms with Crippen molar-refractivity contribution in [2.75, 3.05) is 0 Å². The summed E-state index contributed by atoms with van der Waals surface area (Å²) < 4.78 is 0. The second-order valence-corrected chi connectivity index (χ2v) is 5.89. The number of carbonyl (C=O) groups excluding carboxylic acids is 1. The van der Waals surface area contributed by atoms with Crippen LogP contribution in [0.2, 0.25) is 0 Å². The van der Waals surface area contributed by atoms with Gasteiger partial charge in [-0.3, -0.25) is 4.79 Å². The van der Waals surface area contributed by atoms with Crippen molar-refractivity contribution >= 4 is 5.91 Å². The van der Waals surface area contributed by atoms with Crippen LogP contribution in [0.5, 0.6) is 0 Å². The van der Waals surface area contributed by atoms with Crippen LogP contribution in [-0.4, -0.2) is 11.9 Å². The minimum Gasteiger partial charge on any atom is -0.349 e. The maximum absolute atomic E-state index is 12.1. The van der Waals surface area contributed by atoms with Gasteiger partial charge in [0, 0.05) is 11.6 Å².